The van der Waals surface area contributed by atoms with Crippen molar-refractivity contribution in [3.8, 4) is 12.3 Å². The van der Waals surface area contributed by atoms with Gasteiger partial charge in [-0.2, -0.15) is 15.3 Å². The topological polar surface area (TPSA) is 115 Å². The second-order valence-electron chi connectivity index (χ2n) is 6.64. The molecule has 2 aliphatic heterocycles. The smallest absolute Gasteiger partial charge is 0.252 e. The van der Waals surface area contributed by atoms with E-state index in [0.717, 1.165) is 18.7 Å². The number of amides is 2. The largest absolute Gasteiger partial charge is 0.365 e. The molecule has 1 atom stereocenters. The molecule has 0 radical (unpaired) electrons. The number of hydrogen-bond acceptors (Lipinski definition) is 5. The molecule has 25 heavy (non-hydrogen) atoms. The predicted octanol–water partition coefficient (Wildman–Crippen LogP) is 1.02. The molecule has 2 aliphatic rings. The molecular formula is C17H22N6O2. The zero-order valence-electron chi connectivity index (χ0n) is 14.1. The Bertz CT molecular complexity index is 739. The minimum atomic E-state index is -0.458. The van der Waals surface area contributed by atoms with E-state index in [1.807, 2.05) is 4.68 Å². The number of hydrogen-bond donors (Lipinski definition) is 2. The standard InChI is InChI=1S/C17H22N6O2/c1-2-3-6-17(21-22-17)7-4-15(24)19-10-12-5-8-23-14(9-12)13(11-20-23)16(18)25/h1,11-12H,3-10H2,(H2,18,25)(H,19,24). The van der Waals surface area contributed by atoms with Crippen molar-refractivity contribution in [2.24, 2.45) is 21.9 Å². The van der Waals surface area contributed by atoms with Crippen LogP contribution in [0.3, 0.4) is 0 Å². The summed E-state index contributed by atoms with van der Waals surface area (Å²) in [5, 5.41) is 15.2. The molecule has 1 unspecified atom stereocenters. The lowest BCUT2D eigenvalue weighted by Crippen LogP contribution is -2.34. The number of terminal acetylenes is 1. The van der Waals surface area contributed by atoms with Crippen molar-refractivity contribution < 1.29 is 9.59 Å². The van der Waals surface area contributed by atoms with Gasteiger partial charge in [-0.1, -0.05) is 0 Å². The molecule has 1 aromatic heterocycles. The maximum atomic E-state index is 12.1. The predicted molar refractivity (Wildman–Crippen MR) is 90.5 cm³/mol. The van der Waals surface area contributed by atoms with E-state index in [0.29, 0.717) is 44.2 Å². The van der Waals surface area contributed by atoms with Gasteiger partial charge in [-0.3, -0.25) is 14.3 Å². The maximum absolute atomic E-state index is 12.1. The Morgan fingerprint density at radius 3 is 2.92 bits per heavy atom. The lowest BCUT2D eigenvalue weighted by Gasteiger charge is -2.24. The summed E-state index contributed by atoms with van der Waals surface area (Å²) in [6.45, 7) is 1.31. The zero-order valence-corrected chi connectivity index (χ0v) is 14.1. The van der Waals surface area contributed by atoms with Crippen LogP contribution >= 0.6 is 0 Å². The Kier molecular flexibility index (Phi) is 4.83. The molecule has 2 amide bonds. The average Bonchev–Trinajstić information content (AvgIpc) is 3.25. The second-order valence-corrected chi connectivity index (χ2v) is 6.64. The Labute approximate surface area is 146 Å². The highest BCUT2D eigenvalue weighted by atomic mass is 16.2. The van der Waals surface area contributed by atoms with Gasteiger partial charge in [-0.15, -0.1) is 12.3 Å². The van der Waals surface area contributed by atoms with Gasteiger partial charge in [0.15, 0.2) is 5.66 Å². The van der Waals surface area contributed by atoms with E-state index in [2.05, 4.69) is 26.6 Å². The first-order valence-corrected chi connectivity index (χ1v) is 8.52. The molecule has 0 saturated carbocycles. The van der Waals surface area contributed by atoms with Crippen molar-refractivity contribution in [3.63, 3.8) is 0 Å². The molecule has 0 spiro atoms. The molecular weight excluding hydrogens is 320 g/mol. The van der Waals surface area contributed by atoms with Crippen molar-refractivity contribution in [3.05, 3.63) is 17.5 Å². The molecule has 0 bridgehead atoms. The van der Waals surface area contributed by atoms with Gasteiger partial charge in [0.25, 0.3) is 5.91 Å². The first-order chi connectivity index (χ1) is 12.0. The normalized spacial score (nSPS) is 19.7. The van der Waals surface area contributed by atoms with Crippen molar-refractivity contribution in [2.75, 3.05) is 6.54 Å². The van der Waals surface area contributed by atoms with Crippen LogP contribution in [-0.2, 0) is 17.8 Å². The monoisotopic (exact) mass is 342 g/mol. The van der Waals surface area contributed by atoms with E-state index < -0.39 is 11.6 Å². The van der Waals surface area contributed by atoms with E-state index in [1.165, 1.54) is 6.20 Å². The number of carbonyl (C=O) groups excluding carboxylic acids is 2. The van der Waals surface area contributed by atoms with Crippen molar-refractivity contribution in [1.29, 1.82) is 0 Å². The average molecular weight is 342 g/mol. The Hall–Kier alpha value is -2.69. The number of nitrogens with two attached hydrogens (primary N) is 1. The minimum Gasteiger partial charge on any atom is -0.365 e. The Morgan fingerprint density at radius 2 is 2.24 bits per heavy atom. The number of fused-ring (bicyclic) bond motifs is 1. The van der Waals surface area contributed by atoms with Gasteiger partial charge in [-0.25, -0.2) is 0 Å². The van der Waals surface area contributed by atoms with Crippen LogP contribution in [0.15, 0.2) is 16.4 Å². The van der Waals surface area contributed by atoms with E-state index in [4.69, 9.17) is 12.2 Å². The molecule has 8 nitrogen and oxygen atoms in total. The van der Waals surface area contributed by atoms with Crippen LogP contribution < -0.4 is 11.1 Å². The third kappa shape index (κ3) is 4.05. The fourth-order valence-corrected chi connectivity index (χ4v) is 3.21. The number of nitrogens with one attached hydrogen (secondary N) is 1. The van der Waals surface area contributed by atoms with Crippen LogP contribution in [0.25, 0.3) is 0 Å². The quantitative estimate of drug-likeness (QED) is 0.687. The highest BCUT2D eigenvalue weighted by Crippen LogP contribution is 2.37. The van der Waals surface area contributed by atoms with Crippen LogP contribution in [0.1, 0.15) is 48.2 Å². The fraction of sp³-hybridized carbons (Fsp3) is 0.588. The number of rotatable bonds is 8. The van der Waals surface area contributed by atoms with Crippen molar-refractivity contribution in [2.45, 2.75) is 50.7 Å². The lowest BCUT2D eigenvalue weighted by atomic mass is 9.94. The first kappa shape index (κ1) is 17.1. The third-order valence-electron chi connectivity index (χ3n) is 4.84. The van der Waals surface area contributed by atoms with Crippen LogP contribution in [-0.4, -0.2) is 33.8 Å². The number of primary amides is 1. The molecule has 0 fully saturated rings. The summed E-state index contributed by atoms with van der Waals surface area (Å²) in [7, 11) is 0. The summed E-state index contributed by atoms with van der Waals surface area (Å²) in [6.07, 6.45) is 10.7. The zero-order chi connectivity index (χ0) is 17.9. The number of nitrogens with zero attached hydrogens (tertiary/aromatic N) is 4. The Balaban J connectivity index is 1.43. The van der Waals surface area contributed by atoms with Crippen molar-refractivity contribution in [1.82, 2.24) is 15.1 Å². The van der Waals surface area contributed by atoms with Gasteiger partial charge < -0.3 is 11.1 Å². The van der Waals surface area contributed by atoms with Crippen molar-refractivity contribution >= 4 is 11.8 Å². The van der Waals surface area contributed by atoms with E-state index in [9.17, 15) is 9.59 Å². The van der Waals surface area contributed by atoms with Gasteiger partial charge in [-0.05, 0) is 18.8 Å². The summed E-state index contributed by atoms with van der Waals surface area (Å²) in [6, 6.07) is 0. The highest BCUT2D eigenvalue weighted by Gasteiger charge is 2.39. The summed E-state index contributed by atoms with van der Waals surface area (Å²) < 4.78 is 1.82. The third-order valence-corrected chi connectivity index (χ3v) is 4.84. The molecule has 8 heteroatoms. The first-order valence-electron chi connectivity index (χ1n) is 8.52. The number of aryl methyl sites for hydroxylation is 1. The minimum absolute atomic E-state index is 0.00779. The van der Waals surface area contributed by atoms with E-state index in [-0.39, 0.29) is 11.8 Å². The molecule has 0 aromatic carbocycles. The Morgan fingerprint density at radius 1 is 1.44 bits per heavy atom. The summed E-state index contributed by atoms with van der Waals surface area (Å²) in [4.78, 5) is 23.5. The number of carbonyl (C=O) groups is 2. The summed E-state index contributed by atoms with van der Waals surface area (Å²) in [5.41, 5.74) is 6.30. The molecule has 0 aliphatic carbocycles. The van der Waals surface area contributed by atoms with Crippen LogP contribution in [0.4, 0.5) is 0 Å². The molecule has 1 aromatic rings. The van der Waals surface area contributed by atoms with Crippen LogP contribution in [0.2, 0.25) is 0 Å². The van der Waals surface area contributed by atoms with Gasteiger partial charge >= 0.3 is 0 Å². The molecule has 0 saturated heterocycles. The summed E-state index contributed by atoms with van der Waals surface area (Å²) in [5.74, 6) is 2.39. The molecule has 3 rings (SSSR count). The molecule has 132 valence electrons. The van der Waals surface area contributed by atoms with Crippen LogP contribution in [0.5, 0.6) is 0 Å². The highest BCUT2D eigenvalue weighted by molar-refractivity contribution is 5.93. The van der Waals surface area contributed by atoms with E-state index >= 15 is 0 Å². The fourth-order valence-electron chi connectivity index (χ4n) is 3.21. The van der Waals surface area contributed by atoms with Gasteiger partial charge in [0.05, 0.1) is 17.5 Å². The SMILES string of the molecule is C#CCCC1(CCC(=O)NCC2CCn3ncc(C(N)=O)c3C2)N=N1. The van der Waals surface area contributed by atoms with Gasteiger partial charge in [0.2, 0.25) is 5.91 Å². The lowest BCUT2D eigenvalue weighted by molar-refractivity contribution is -0.121. The molecule has 3 N–H and O–H groups in total. The van der Waals surface area contributed by atoms with Gasteiger partial charge in [0.1, 0.15) is 0 Å². The number of aromatic nitrogens is 2. The second kappa shape index (κ2) is 7.05. The maximum Gasteiger partial charge on any atom is 0.252 e. The summed E-state index contributed by atoms with van der Waals surface area (Å²) >= 11 is 0. The molecule has 3 heterocycles. The van der Waals surface area contributed by atoms with Crippen LogP contribution in [0, 0.1) is 18.3 Å². The van der Waals surface area contributed by atoms with Gasteiger partial charge in [0, 0.05) is 38.8 Å². The van der Waals surface area contributed by atoms with E-state index in [1.54, 1.807) is 0 Å².